The molecule has 2 atom stereocenters. The molecule has 0 fully saturated rings. The highest BCUT2D eigenvalue weighted by molar-refractivity contribution is 9.10. The first-order chi connectivity index (χ1) is 13.8. The summed E-state index contributed by atoms with van der Waals surface area (Å²) in [5.41, 5.74) is 1.90. The van der Waals surface area contributed by atoms with E-state index in [-0.39, 0.29) is 17.9 Å². The monoisotopic (exact) mass is 478 g/mol. The fourth-order valence-corrected chi connectivity index (χ4v) is 3.64. The summed E-state index contributed by atoms with van der Waals surface area (Å²) in [5, 5.41) is 3.64. The SMILES string of the molecule is CCC(C)NC(=O)C(C)N(Cc1cccc(Br)c1)C(=O)CCc1ccccc1Cl. The Morgan fingerprint density at radius 1 is 1.14 bits per heavy atom. The van der Waals surface area contributed by atoms with Crippen molar-refractivity contribution in [2.24, 2.45) is 0 Å². The van der Waals surface area contributed by atoms with Crippen LogP contribution < -0.4 is 5.32 Å². The maximum absolute atomic E-state index is 13.1. The van der Waals surface area contributed by atoms with Crippen LogP contribution in [0.25, 0.3) is 0 Å². The highest BCUT2D eigenvalue weighted by Gasteiger charge is 2.26. The molecular formula is C23H28BrClN2O2. The van der Waals surface area contributed by atoms with Crippen LogP contribution in [0.4, 0.5) is 0 Å². The summed E-state index contributed by atoms with van der Waals surface area (Å²) in [5.74, 6) is -0.211. The van der Waals surface area contributed by atoms with Crippen molar-refractivity contribution in [3.63, 3.8) is 0 Å². The number of hydrogen-bond donors (Lipinski definition) is 1. The number of carbonyl (C=O) groups is 2. The molecule has 0 aliphatic carbocycles. The minimum Gasteiger partial charge on any atom is -0.352 e. The highest BCUT2D eigenvalue weighted by atomic mass is 79.9. The predicted molar refractivity (Wildman–Crippen MR) is 122 cm³/mol. The second-order valence-corrected chi connectivity index (χ2v) is 8.56. The summed E-state index contributed by atoms with van der Waals surface area (Å²) >= 11 is 9.70. The van der Waals surface area contributed by atoms with E-state index in [1.54, 1.807) is 11.8 Å². The summed E-state index contributed by atoms with van der Waals surface area (Å²) in [7, 11) is 0. The Bertz CT molecular complexity index is 843. The van der Waals surface area contributed by atoms with Crippen LogP contribution in [-0.2, 0) is 22.6 Å². The summed E-state index contributed by atoms with van der Waals surface area (Å²) in [4.78, 5) is 27.5. The Balaban J connectivity index is 2.17. The van der Waals surface area contributed by atoms with Gasteiger partial charge in [-0.15, -0.1) is 0 Å². The predicted octanol–water partition coefficient (Wildman–Crippen LogP) is 5.37. The van der Waals surface area contributed by atoms with E-state index in [2.05, 4.69) is 21.2 Å². The molecule has 0 bridgehead atoms. The number of rotatable bonds is 9. The van der Waals surface area contributed by atoms with E-state index in [1.165, 1.54) is 0 Å². The van der Waals surface area contributed by atoms with Crippen LogP contribution in [0.2, 0.25) is 5.02 Å². The van der Waals surface area contributed by atoms with Crippen molar-refractivity contribution in [2.75, 3.05) is 0 Å². The molecule has 2 aromatic carbocycles. The molecule has 6 heteroatoms. The molecule has 2 rings (SSSR count). The zero-order chi connectivity index (χ0) is 21.4. The molecule has 1 N–H and O–H groups in total. The van der Waals surface area contributed by atoms with E-state index in [1.807, 2.05) is 62.4 Å². The highest BCUT2D eigenvalue weighted by Crippen LogP contribution is 2.19. The summed E-state index contributed by atoms with van der Waals surface area (Å²) < 4.78 is 0.940. The van der Waals surface area contributed by atoms with Crippen molar-refractivity contribution in [1.82, 2.24) is 10.2 Å². The normalized spacial score (nSPS) is 12.9. The van der Waals surface area contributed by atoms with Crippen LogP contribution >= 0.6 is 27.5 Å². The van der Waals surface area contributed by atoms with E-state index < -0.39 is 6.04 Å². The van der Waals surface area contributed by atoms with Gasteiger partial charge in [0.25, 0.3) is 0 Å². The van der Waals surface area contributed by atoms with Crippen molar-refractivity contribution in [3.05, 3.63) is 69.2 Å². The largest absolute Gasteiger partial charge is 0.352 e. The van der Waals surface area contributed by atoms with Gasteiger partial charge in [-0.1, -0.05) is 64.8 Å². The summed E-state index contributed by atoms with van der Waals surface area (Å²) in [6, 6.07) is 14.8. The van der Waals surface area contributed by atoms with E-state index in [0.717, 1.165) is 22.0 Å². The van der Waals surface area contributed by atoms with Crippen LogP contribution in [0, 0.1) is 0 Å². The van der Waals surface area contributed by atoms with Crippen molar-refractivity contribution in [1.29, 1.82) is 0 Å². The second-order valence-electron chi connectivity index (χ2n) is 7.24. The van der Waals surface area contributed by atoms with Gasteiger partial charge < -0.3 is 10.2 Å². The van der Waals surface area contributed by atoms with Gasteiger partial charge in [-0.3, -0.25) is 9.59 Å². The van der Waals surface area contributed by atoms with Crippen LogP contribution in [0.1, 0.15) is 44.7 Å². The minimum atomic E-state index is -0.568. The molecule has 2 aromatic rings. The number of nitrogens with one attached hydrogen (secondary N) is 1. The van der Waals surface area contributed by atoms with Crippen molar-refractivity contribution in [3.8, 4) is 0 Å². The van der Waals surface area contributed by atoms with E-state index in [9.17, 15) is 9.59 Å². The number of amides is 2. The lowest BCUT2D eigenvalue weighted by molar-refractivity contribution is -0.140. The van der Waals surface area contributed by atoms with Crippen LogP contribution in [0.5, 0.6) is 0 Å². The number of halogens is 2. The van der Waals surface area contributed by atoms with Gasteiger partial charge in [0.15, 0.2) is 0 Å². The van der Waals surface area contributed by atoms with Crippen molar-refractivity contribution in [2.45, 2.75) is 58.7 Å². The van der Waals surface area contributed by atoms with Crippen LogP contribution in [0.3, 0.4) is 0 Å². The molecule has 0 aliphatic heterocycles. The molecular weight excluding hydrogens is 452 g/mol. The Kier molecular flexibility index (Phi) is 9.18. The van der Waals surface area contributed by atoms with Gasteiger partial charge in [-0.05, 0) is 56.0 Å². The number of carbonyl (C=O) groups excluding carboxylic acids is 2. The molecule has 0 saturated heterocycles. The minimum absolute atomic E-state index is 0.0656. The number of nitrogens with zero attached hydrogens (tertiary/aromatic N) is 1. The van der Waals surface area contributed by atoms with Crippen molar-refractivity contribution < 1.29 is 9.59 Å². The first-order valence-electron chi connectivity index (χ1n) is 9.89. The first kappa shape index (κ1) is 23.4. The van der Waals surface area contributed by atoms with Gasteiger partial charge in [0.05, 0.1) is 0 Å². The van der Waals surface area contributed by atoms with Gasteiger partial charge in [-0.2, -0.15) is 0 Å². The molecule has 0 aliphatic rings. The Hall–Kier alpha value is -1.85. The molecule has 0 heterocycles. The molecule has 0 saturated carbocycles. The van der Waals surface area contributed by atoms with Gasteiger partial charge in [0, 0.05) is 28.5 Å². The lowest BCUT2D eigenvalue weighted by atomic mass is 10.1. The quantitative estimate of drug-likeness (QED) is 0.526. The Morgan fingerprint density at radius 3 is 2.52 bits per heavy atom. The second kappa shape index (κ2) is 11.4. The van der Waals surface area contributed by atoms with Crippen molar-refractivity contribution >= 4 is 39.3 Å². The maximum atomic E-state index is 13.1. The molecule has 2 unspecified atom stereocenters. The third-order valence-corrected chi connectivity index (χ3v) is 5.84. The van der Waals surface area contributed by atoms with Gasteiger partial charge >= 0.3 is 0 Å². The molecule has 0 spiro atoms. The third-order valence-electron chi connectivity index (χ3n) is 4.98. The van der Waals surface area contributed by atoms with Gasteiger partial charge in [-0.25, -0.2) is 0 Å². The van der Waals surface area contributed by atoms with Crippen LogP contribution in [-0.4, -0.2) is 28.8 Å². The molecule has 4 nitrogen and oxygen atoms in total. The summed E-state index contributed by atoms with van der Waals surface area (Å²) in [6.07, 6.45) is 1.66. The first-order valence-corrected chi connectivity index (χ1v) is 11.1. The zero-order valence-corrected chi connectivity index (χ0v) is 19.5. The maximum Gasteiger partial charge on any atom is 0.242 e. The molecule has 0 radical (unpaired) electrons. The lowest BCUT2D eigenvalue weighted by Gasteiger charge is -2.30. The summed E-state index contributed by atoms with van der Waals surface area (Å²) in [6.45, 7) is 6.13. The lowest BCUT2D eigenvalue weighted by Crippen LogP contribution is -2.49. The smallest absolute Gasteiger partial charge is 0.242 e. The molecule has 0 aromatic heterocycles. The van der Waals surface area contributed by atoms with Gasteiger partial charge in [0.1, 0.15) is 6.04 Å². The average Bonchev–Trinajstić information content (AvgIpc) is 2.70. The Morgan fingerprint density at radius 2 is 1.86 bits per heavy atom. The van der Waals surface area contributed by atoms with Crippen LogP contribution in [0.15, 0.2) is 53.0 Å². The molecule has 156 valence electrons. The van der Waals surface area contributed by atoms with E-state index in [0.29, 0.717) is 24.4 Å². The third kappa shape index (κ3) is 7.16. The zero-order valence-electron chi connectivity index (χ0n) is 17.1. The fourth-order valence-electron chi connectivity index (χ4n) is 2.97. The topological polar surface area (TPSA) is 49.4 Å². The number of benzene rings is 2. The van der Waals surface area contributed by atoms with E-state index >= 15 is 0 Å². The fraction of sp³-hybridized carbons (Fsp3) is 0.391. The van der Waals surface area contributed by atoms with Gasteiger partial charge in [0.2, 0.25) is 11.8 Å². The molecule has 2 amide bonds. The standard InChI is InChI=1S/C23H28BrClN2O2/c1-4-16(2)26-23(29)17(3)27(15-18-8-7-10-20(24)14-18)22(28)13-12-19-9-5-6-11-21(19)25/h5-11,14,16-17H,4,12-13,15H2,1-3H3,(H,26,29). The Labute approximate surface area is 186 Å². The van der Waals surface area contributed by atoms with E-state index in [4.69, 9.17) is 11.6 Å². The molecule has 29 heavy (non-hydrogen) atoms. The average molecular weight is 480 g/mol. The number of aryl methyl sites for hydroxylation is 1. The number of hydrogen-bond acceptors (Lipinski definition) is 2.